The lowest BCUT2D eigenvalue weighted by molar-refractivity contribution is -0.135. The fourth-order valence-electron chi connectivity index (χ4n) is 3.92. The number of Topliss-reactive ketones (excluding diaryl/α,β-unsaturated/α-hetero) is 1. The van der Waals surface area contributed by atoms with Gasteiger partial charge in [0.15, 0.2) is 0 Å². The maximum atomic E-state index is 12.7. The van der Waals surface area contributed by atoms with Crippen LogP contribution >= 0.6 is 0 Å². The smallest absolute Gasteiger partial charge is 0.141 e. The van der Waals surface area contributed by atoms with E-state index in [1.54, 1.807) is 0 Å². The Balaban J connectivity index is 1.99. The molecule has 0 aromatic heterocycles. The van der Waals surface area contributed by atoms with Crippen LogP contribution in [0.3, 0.4) is 0 Å². The highest BCUT2D eigenvalue weighted by atomic mass is 16.1. The molecule has 1 heteroatoms. The van der Waals surface area contributed by atoms with E-state index in [2.05, 4.69) is 13.8 Å². The number of ketones is 1. The molecule has 0 N–H and O–H groups in total. The van der Waals surface area contributed by atoms with Gasteiger partial charge in [-0.15, -0.1) is 0 Å². The van der Waals surface area contributed by atoms with Gasteiger partial charge in [-0.2, -0.15) is 0 Å². The molecular formula is C16H28O. The second-order valence-electron chi connectivity index (χ2n) is 6.76. The first-order chi connectivity index (χ1) is 8.12. The summed E-state index contributed by atoms with van der Waals surface area (Å²) in [6.45, 7) is 4.44. The van der Waals surface area contributed by atoms with Crippen molar-refractivity contribution in [3.8, 4) is 0 Å². The van der Waals surface area contributed by atoms with Gasteiger partial charge in [0.05, 0.1) is 0 Å². The van der Waals surface area contributed by atoms with E-state index in [4.69, 9.17) is 0 Å². The van der Waals surface area contributed by atoms with E-state index in [1.807, 2.05) is 0 Å². The second kappa shape index (κ2) is 5.54. The molecule has 98 valence electrons. The number of rotatable bonds is 3. The highest BCUT2D eigenvalue weighted by Crippen LogP contribution is 2.42. The second-order valence-corrected chi connectivity index (χ2v) is 6.76. The van der Waals surface area contributed by atoms with E-state index in [-0.39, 0.29) is 5.41 Å². The quantitative estimate of drug-likeness (QED) is 0.691. The average Bonchev–Trinajstić information content (AvgIpc) is 2.40. The zero-order valence-electron chi connectivity index (χ0n) is 11.6. The van der Waals surface area contributed by atoms with E-state index in [0.717, 1.165) is 12.8 Å². The molecule has 0 saturated heterocycles. The van der Waals surface area contributed by atoms with Crippen LogP contribution in [0.15, 0.2) is 0 Å². The summed E-state index contributed by atoms with van der Waals surface area (Å²) in [4.78, 5) is 12.7. The molecule has 0 amide bonds. The van der Waals surface area contributed by atoms with E-state index < -0.39 is 0 Å². The molecule has 2 aliphatic carbocycles. The standard InChI is InChI=1S/C16H28O/c1-16(2,14-11-7-4-8-12-14)15(17)13-9-5-3-6-10-13/h13-14H,3-12H2,1-2H3. The Kier molecular flexibility index (Phi) is 4.27. The number of hydrogen-bond acceptors (Lipinski definition) is 1. The molecule has 0 heterocycles. The minimum atomic E-state index is -0.0531. The molecule has 1 nitrogen and oxygen atoms in total. The Morgan fingerprint density at radius 3 is 1.82 bits per heavy atom. The van der Waals surface area contributed by atoms with E-state index in [9.17, 15) is 4.79 Å². The van der Waals surface area contributed by atoms with Crippen molar-refractivity contribution in [1.29, 1.82) is 0 Å². The number of carbonyl (C=O) groups is 1. The Labute approximate surface area is 106 Å². The monoisotopic (exact) mass is 236 g/mol. The van der Waals surface area contributed by atoms with Gasteiger partial charge in [-0.1, -0.05) is 52.4 Å². The first kappa shape index (κ1) is 13.1. The van der Waals surface area contributed by atoms with Crippen molar-refractivity contribution in [1.82, 2.24) is 0 Å². The molecule has 2 saturated carbocycles. The predicted molar refractivity (Wildman–Crippen MR) is 71.9 cm³/mol. The average molecular weight is 236 g/mol. The molecule has 0 spiro atoms. The van der Waals surface area contributed by atoms with Crippen LogP contribution in [-0.4, -0.2) is 5.78 Å². The number of carbonyl (C=O) groups excluding carboxylic acids is 1. The third-order valence-corrected chi connectivity index (χ3v) is 5.24. The Hall–Kier alpha value is -0.330. The van der Waals surface area contributed by atoms with Crippen LogP contribution in [0.4, 0.5) is 0 Å². The van der Waals surface area contributed by atoms with Gasteiger partial charge in [0.1, 0.15) is 5.78 Å². The van der Waals surface area contributed by atoms with Crippen molar-refractivity contribution in [2.75, 3.05) is 0 Å². The van der Waals surface area contributed by atoms with Crippen LogP contribution in [0.25, 0.3) is 0 Å². The lowest BCUT2D eigenvalue weighted by Crippen LogP contribution is -2.39. The van der Waals surface area contributed by atoms with Gasteiger partial charge in [0, 0.05) is 11.3 Å². The van der Waals surface area contributed by atoms with Gasteiger partial charge in [-0.25, -0.2) is 0 Å². The summed E-state index contributed by atoms with van der Waals surface area (Å²) in [6.07, 6.45) is 12.8. The molecule has 0 aliphatic heterocycles. The molecule has 2 fully saturated rings. The SMILES string of the molecule is CC(C)(C(=O)C1CCCCC1)C1CCCCC1. The van der Waals surface area contributed by atoms with E-state index in [0.29, 0.717) is 17.6 Å². The highest BCUT2D eigenvalue weighted by Gasteiger charge is 2.40. The maximum absolute atomic E-state index is 12.7. The summed E-state index contributed by atoms with van der Waals surface area (Å²) in [5.74, 6) is 1.63. The molecule has 2 aliphatic rings. The van der Waals surface area contributed by atoms with Crippen molar-refractivity contribution in [3.63, 3.8) is 0 Å². The fraction of sp³-hybridized carbons (Fsp3) is 0.938. The summed E-state index contributed by atoms with van der Waals surface area (Å²) in [5.41, 5.74) is -0.0531. The summed E-state index contributed by atoms with van der Waals surface area (Å²) < 4.78 is 0. The van der Waals surface area contributed by atoms with E-state index >= 15 is 0 Å². The molecule has 0 aromatic carbocycles. The van der Waals surface area contributed by atoms with Crippen LogP contribution in [-0.2, 0) is 4.79 Å². The lowest BCUT2D eigenvalue weighted by Gasteiger charge is -2.38. The highest BCUT2D eigenvalue weighted by molar-refractivity contribution is 5.86. The summed E-state index contributed by atoms with van der Waals surface area (Å²) in [7, 11) is 0. The molecule has 0 unspecified atom stereocenters. The first-order valence-corrected chi connectivity index (χ1v) is 7.66. The van der Waals surface area contributed by atoms with Crippen molar-refractivity contribution in [2.45, 2.75) is 78.1 Å². The predicted octanol–water partition coefficient (Wildman–Crippen LogP) is 4.74. The zero-order chi connectivity index (χ0) is 12.3. The molecule has 0 radical (unpaired) electrons. The molecule has 0 atom stereocenters. The number of hydrogen-bond donors (Lipinski definition) is 0. The largest absolute Gasteiger partial charge is 0.299 e. The molecule has 17 heavy (non-hydrogen) atoms. The summed E-state index contributed by atoms with van der Waals surface area (Å²) in [6, 6.07) is 0. The minimum absolute atomic E-state index is 0.0531. The maximum Gasteiger partial charge on any atom is 0.141 e. The summed E-state index contributed by atoms with van der Waals surface area (Å²) >= 11 is 0. The van der Waals surface area contributed by atoms with Crippen molar-refractivity contribution in [3.05, 3.63) is 0 Å². The third-order valence-electron chi connectivity index (χ3n) is 5.24. The van der Waals surface area contributed by atoms with Gasteiger partial charge in [-0.05, 0) is 31.6 Å². The zero-order valence-corrected chi connectivity index (χ0v) is 11.6. The van der Waals surface area contributed by atoms with Gasteiger partial charge < -0.3 is 0 Å². The topological polar surface area (TPSA) is 17.1 Å². The Bertz CT molecular complexity index is 255. The van der Waals surface area contributed by atoms with Gasteiger partial charge in [0.2, 0.25) is 0 Å². The molecule has 0 aromatic rings. The Morgan fingerprint density at radius 1 is 0.824 bits per heavy atom. The van der Waals surface area contributed by atoms with E-state index in [1.165, 1.54) is 51.4 Å². The van der Waals surface area contributed by atoms with Crippen LogP contribution in [0.1, 0.15) is 78.1 Å². The van der Waals surface area contributed by atoms with Crippen LogP contribution in [0, 0.1) is 17.3 Å². The minimum Gasteiger partial charge on any atom is -0.299 e. The lowest BCUT2D eigenvalue weighted by atomic mass is 9.65. The van der Waals surface area contributed by atoms with Crippen molar-refractivity contribution < 1.29 is 4.79 Å². The Morgan fingerprint density at radius 2 is 1.29 bits per heavy atom. The third kappa shape index (κ3) is 2.92. The van der Waals surface area contributed by atoms with Gasteiger partial charge in [0.25, 0.3) is 0 Å². The van der Waals surface area contributed by atoms with Crippen LogP contribution < -0.4 is 0 Å². The molecule has 2 rings (SSSR count). The normalized spacial score (nSPS) is 24.8. The fourth-order valence-corrected chi connectivity index (χ4v) is 3.92. The molecular weight excluding hydrogens is 208 g/mol. The first-order valence-electron chi connectivity index (χ1n) is 7.66. The van der Waals surface area contributed by atoms with Gasteiger partial charge in [-0.3, -0.25) is 4.79 Å². The van der Waals surface area contributed by atoms with Crippen molar-refractivity contribution in [2.24, 2.45) is 17.3 Å². The van der Waals surface area contributed by atoms with Crippen LogP contribution in [0.5, 0.6) is 0 Å². The van der Waals surface area contributed by atoms with Crippen molar-refractivity contribution >= 4 is 5.78 Å². The molecule has 0 bridgehead atoms. The summed E-state index contributed by atoms with van der Waals surface area (Å²) in [5, 5.41) is 0. The van der Waals surface area contributed by atoms with Crippen LogP contribution in [0.2, 0.25) is 0 Å². The van der Waals surface area contributed by atoms with Gasteiger partial charge >= 0.3 is 0 Å².